The van der Waals surface area contributed by atoms with Crippen molar-refractivity contribution in [1.82, 2.24) is 0 Å². The monoisotopic (exact) mass is 325 g/mol. The lowest BCUT2D eigenvalue weighted by molar-refractivity contribution is -0.142. The Morgan fingerprint density at radius 3 is 2.74 bits per heavy atom. The van der Waals surface area contributed by atoms with Crippen LogP contribution in [0.3, 0.4) is 0 Å². The Labute approximate surface area is 122 Å². The van der Waals surface area contributed by atoms with Crippen molar-refractivity contribution in [2.45, 2.75) is 45.6 Å². The van der Waals surface area contributed by atoms with Crippen LogP contribution in [0.25, 0.3) is 0 Å². The van der Waals surface area contributed by atoms with Gasteiger partial charge in [-0.05, 0) is 66.2 Å². The number of hydrogen-bond acceptors (Lipinski definition) is 2. The number of carboxylic acids is 1. The first kappa shape index (κ1) is 14.4. The van der Waals surface area contributed by atoms with Gasteiger partial charge >= 0.3 is 5.97 Å². The van der Waals surface area contributed by atoms with Crippen LogP contribution in [-0.4, -0.2) is 17.1 Å². The Hall–Kier alpha value is -1.03. The lowest BCUT2D eigenvalue weighted by Crippen LogP contribution is -2.31. The number of aryl methyl sites for hydroxylation is 2. The van der Waals surface area contributed by atoms with Crippen molar-refractivity contribution in [3.63, 3.8) is 0 Å². The fraction of sp³-hybridized carbons (Fsp3) is 0.533. The summed E-state index contributed by atoms with van der Waals surface area (Å²) < 4.78 is 1.06. The molecule has 0 amide bonds. The van der Waals surface area contributed by atoms with Gasteiger partial charge in [0.25, 0.3) is 0 Å². The summed E-state index contributed by atoms with van der Waals surface area (Å²) in [6.45, 7) is 4.15. The molecular formula is C15H20BrNO2. The van der Waals surface area contributed by atoms with Gasteiger partial charge in [-0.3, -0.25) is 4.79 Å². The van der Waals surface area contributed by atoms with E-state index >= 15 is 0 Å². The molecule has 1 saturated carbocycles. The van der Waals surface area contributed by atoms with Crippen molar-refractivity contribution in [2.24, 2.45) is 5.92 Å². The average Bonchev–Trinajstić information content (AvgIpc) is 2.34. The number of nitrogens with one attached hydrogen (secondary N) is 1. The number of aliphatic carboxylic acids is 1. The van der Waals surface area contributed by atoms with E-state index in [1.165, 1.54) is 11.1 Å². The molecule has 3 nitrogen and oxygen atoms in total. The summed E-state index contributed by atoms with van der Waals surface area (Å²) >= 11 is 3.59. The number of carbonyl (C=O) groups is 1. The summed E-state index contributed by atoms with van der Waals surface area (Å²) in [7, 11) is 0. The second-order valence-electron chi connectivity index (χ2n) is 5.48. The van der Waals surface area contributed by atoms with Crippen LogP contribution in [0, 0.1) is 19.8 Å². The maximum atomic E-state index is 11.1. The SMILES string of the molecule is Cc1cc(C)c(NC2CCCC(C(=O)O)C2)c(Br)c1. The number of rotatable bonds is 3. The van der Waals surface area contributed by atoms with Crippen LogP contribution in [0.2, 0.25) is 0 Å². The van der Waals surface area contributed by atoms with Crippen LogP contribution in [0.15, 0.2) is 16.6 Å². The van der Waals surface area contributed by atoms with Gasteiger partial charge in [0, 0.05) is 10.5 Å². The van der Waals surface area contributed by atoms with E-state index < -0.39 is 5.97 Å². The van der Waals surface area contributed by atoms with Crippen molar-refractivity contribution in [1.29, 1.82) is 0 Å². The molecule has 0 bridgehead atoms. The first-order valence-corrected chi connectivity index (χ1v) is 7.52. The van der Waals surface area contributed by atoms with Gasteiger partial charge in [-0.2, -0.15) is 0 Å². The van der Waals surface area contributed by atoms with E-state index in [9.17, 15) is 4.79 Å². The average molecular weight is 326 g/mol. The van der Waals surface area contributed by atoms with Crippen LogP contribution in [-0.2, 0) is 4.79 Å². The molecule has 1 aliphatic rings. The lowest BCUT2D eigenvalue weighted by Gasteiger charge is -2.29. The molecule has 0 saturated heterocycles. The van der Waals surface area contributed by atoms with Crippen LogP contribution in [0.1, 0.15) is 36.8 Å². The number of carboxylic acid groups (broad SMARTS) is 1. The van der Waals surface area contributed by atoms with Crippen molar-refractivity contribution in [3.8, 4) is 0 Å². The molecule has 4 heteroatoms. The Kier molecular flexibility index (Phi) is 4.50. The number of anilines is 1. The summed E-state index contributed by atoms with van der Waals surface area (Å²) in [5.41, 5.74) is 3.52. The lowest BCUT2D eigenvalue weighted by atomic mass is 9.85. The fourth-order valence-corrected chi connectivity index (χ4v) is 3.64. The highest BCUT2D eigenvalue weighted by atomic mass is 79.9. The molecule has 0 radical (unpaired) electrons. The summed E-state index contributed by atoms with van der Waals surface area (Å²) in [5, 5.41) is 12.6. The molecule has 0 aliphatic heterocycles. The van der Waals surface area contributed by atoms with E-state index in [1.807, 2.05) is 0 Å². The summed E-state index contributed by atoms with van der Waals surface area (Å²) in [4.78, 5) is 11.1. The molecule has 19 heavy (non-hydrogen) atoms. The zero-order valence-electron chi connectivity index (χ0n) is 11.4. The molecule has 2 N–H and O–H groups in total. The Balaban J connectivity index is 2.11. The zero-order chi connectivity index (χ0) is 14.0. The fourth-order valence-electron chi connectivity index (χ4n) is 2.85. The topological polar surface area (TPSA) is 49.3 Å². The minimum Gasteiger partial charge on any atom is -0.481 e. The summed E-state index contributed by atoms with van der Waals surface area (Å²) in [5.74, 6) is -0.859. The Morgan fingerprint density at radius 1 is 1.37 bits per heavy atom. The highest BCUT2D eigenvalue weighted by Gasteiger charge is 2.27. The van der Waals surface area contributed by atoms with E-state index in [0.29, 0.717) is 0 Å². The van der Waals surface area contributed by atoms with Gasteiger partial charge in [-0.15, -0.1) is 0 Å². The van der Waals surface area contributed by atoms with Gasteiger partial charge in [0.1, 0.15) is 0 Å². The number of halogens is 1. The highest BCUT2D eigenvalue weighted by Crippen LogP contribution is 2.32. The van der Waals surface area contributed by atoms with Gasteiger partial charge in [0.15, 0.2) is 0 Å². The first-order chi connectivity index (χ1) is 8.97. The van der Waals surface area contributed by atoms with E-state index in [4.69, 9.17) is 5.11 Å². The second-order valence-corrected chi connectivity index (χ2v) is 6.34. The smallest absolute Gasteiger partial charge is 0.306 e. The van der Waals surface area contributed by atoms with Gasteiger partial charge in [-0.25, -0.2) is 0 Å². The van der Waals surface area contributed by atoms with Crippen molar-refractivity contribution in [3.05, 3.63) is 27.7 Å². The summed E-state index contributed by atoms with van der Waals surface area (Å²) in [6, 6.07) is 4.49. The molecule has 1 aromatic rings. The minimum absolute atomic E-state index is 0.198. The van der Waals surface area contributed by atoms with Crippen LogP contribution < -0.4 is 5.32 Å². The molecular weight excluding hydrogens is 306 g/mol. The molecule has 0 aromatic heterocycles. The van der Waals surface area contributed by atoms with Gasteiger partial charge < -0.3 is 10.4 Å². The predicted molar refractivity (Wildman–Crippen MR) is 80.6 cm³/mol. The molecule has 2 atom stereocenters. The van der Waals surface area contributed by atoms with Crippen LogP contribution >= 0.6 is 15.9 Å². The van der Waals surface area contributed by atoms with Crippen LogP contribution in [0.4, 0.5) is 5.69 Å². The molecule has 1 aromatic carbocycles. The molecule has 1 fully saturated rings. The quantitative estimate of drug-likeness (QED) is 0.878. The third-order valence-corrected chi connectivity index (χ3v) is 4.43. The third kappa shape index (κ3) is 3.50. The van der Waals surface area contributed by atoms with Crippen molar-refractivity contribution < 1.29 is 9.90 Å². The molecule has 0 spiro atoms. The highest BCUT2D eigenvalue weighted by molar-refractivity contribution is 9.10. The molecule has 2 rings (SSSR count). The van der Waals surface area contributed by atoms with E-state index in [-0.39, 0.29) is 12.0 Å². The first-order valence-electron chi connectivity index (χ1n) is 6.73. The Bertz CT molecular complexity index is 464. The van der Waals surface area contributed by atoms with Crippen molar-refractivity contribution in [2.75, 3.05) is 5.32 Å². The normalized spacial score (nSPS) is 23.1. The van der Waals surface area contributed by atoms with E-state index in [2.05, 4.69) is 47.2 Å². The zero-order valence-corrected chi connectivity index (χ0v) is 13.0. The van der Waals surface area contributed by atoms with Gasteiger partial charge in [0.05, 0.1) is 11.6 Å². The van der Waals surface area contributed by atoms with E-state index in [1.54, 1.807) is 0 Å². The number of benzene rings is 1. The molecule has 0 heterocycles. The predicted octanol–water partition coefficient (Wildman–Crippen LogP) is 4.12. The third-order valence-electron chi connectivity index (χ3n) is 3.80. The maximum absolute atomic E-state index is 11.1. The van der Waals surface area contributed by atoms with Gasteiger partial charge in [-0.1, -0.05) is 12.5 Å². The maximum Gasteiger partial charge on any atom is 0.306 e. The largest absolute Gasteiger partial charge is 0.481 e. The summed E-state index contributed by atoms with van der Waals surface area (Å²) in [6.07, 6.45) is 3.55. The molecule has 104 valence electrons. The minimum atomic E-state index is -0.661. The van der Waals surface area contributed by atoms with Gasteiger partial charge in [0.2, 0.25) is 0 Å². The standard InChI is InChI=1S/C15H20BrNO2/c1-9-6-10(2)14(13(16)7-9)17-12-5-3-4-11(8-12)15(18)19/h6-7,11-12,17H,3-5,8H2,1-2H3,(H,18,19). The van der Waals surface area contributed by atoms with Crippen molar-refractivity contribution >= 4 is 27.6 Å². The number of hydrogen-bond donors (Lipinski definition) is 2. The van der Waals surface area contributed by atoms with E-state index in [0.717, 1.165) is 35.8 Å². The molecule has 1 aliphatic carbocycles. The Morgan fingerprint density at radius 2 is 2.11 bits per heavy atom. The second kappa shape index (κ2) is 5.95. The molecule has 2 unspecified atom stereocenters. The van der Waals surface area contributed by atoms with Crippen LogP contribution in [0.5, 0.6) is 0 Å².